The van der Waals surface area contributed by atoms with Gasteiger partial charge in [0.15, 0.2) is 0 Å². The van der Waals surface area contributed by atoms with Crippen LogP contribution in [-0.4, -0.2) is 11.1 Å². The van der Waals surface area contributed by atoms with Crippen molar-refractivity contribution in [1.29, 1.82) is 0 Å². The van der Waals surface area contributed by atoms with Gasteiger partial charge < -0.3 is 5.11 Å². The Morgan fingerprint density at radius 2 is 1.45 bits per heavy atom. The van der Waals surface area contributed by atoms with Gasteiger partial charge >= 0.3 is 5.97 Å². The van der Waals surface area contributed by atoms with E-state index in [0.717, 1.165) is 17.2 Å². The number of carbonyl (C=O) groups is 1. The molecule has 0 aromatic carbocycles. The van der Waals surface area contributed by atoms with E-state index in [9.17, 15) is 4.79 Å². The number of hydrogen-bond acceptors (Lipinski definition) is 1. The molecule has 2 heteroatoms. The summed E-state index contributed by atoms with van der Waals surface area (Å²) in [6.07, 6.45) is 0.833. The molecule has 0 aliphatic rings. The van der Waals surface area contributed by atoms with Crippen LogP contribution in [-0.2, 0) is 4.79 Å². The lowest BCUT2D eigenvalue weighted by molar-refractivity contribution is -0.131. The molecule has 0 bridgehead atoms. The summed E-state index contributed by atoms with van der Waals surface area (Å²) in [7, 11) is 0. The number of aliphatic carboxylic acids is 1. The predicted octanol–water partition coefficient (Wildman–Crippen LogP) is 2.40. The van der Waals surface area contributed by atoms with Gasteiger partial charge in [0.05, 0.1) is 0 Å². The van der Waals surface area contributed by atoms with Gasteiger partial charge in [0.1, 0.15) is 0 Å². The molecule has 2 nitrogen and oxygen atoms in total. The molecule has 0 saturated heterocycles. The van der Waals surface area contributed by atoms with Gasteiger partial charge in [0.25, 0.3) is 0 Å². The highest BCUT2D eigenvalue weighted by molar-refractivity contribution is 5.78. The lowest BCUT2D eigenvalue weighted by Gasteiger charge is -1.88. The highest BCUT2D eigenvalue weighted by atomic mass is 16.4. The van der Waals surface area contributed by atoms with Crippen molar-refractivity contribution >= 4 is 5.97 Å². The van der Waals surface area contributed by atoms with Gasteiger partial charge in [-0.3, -0.25) is 0 Å². The van der Waals surface area contributed by atoms with Crippen molar-refractivity contribution in [2.45, 2.75) is 13.8 Å². The fourth-order valence-corrected chi connectivity index (χ4v) is 0. The first-order valence-electron chi connectivity index (χ1n) is 3.08. The molecule has 0 spiro atoms. The minimum atomic E-state index is -0.981. The van der Waals surface area contributed by atoms with E-state index in [1.54, 1.807) is 0 Å². The summed E-state index contributed by atoms with van der Waals surface area (Å²) in [6.45, 7) is 14.2. The van der Waals surface area contributed by atoms with Crippen LogP contribution in [0.1, 0.15) is 13.8 Å². The minimum absolute atomic E-state index is 0.833. The SMILES string of the molecule is C=C(C)C(=C)C.C=CC(=O)O. The summed E-state index contributed by atoms with van der Waals surface area (Å²) in [5, 5.41) is 7.60. The molecule has 11 heavy (non-hydrogen) atoms. The molecule has 1 N–H and O–H groups in total. The summed E-state index contributed by atoms with van der Waals surface area (Å²) in [5.74, 6) is -0.981. The van der Waals surface area contributed by atoms with Crippen LogP contribution < -0.4 is 0 Å². The van der Waals surface area contributed by atoms with Crippen LogP contribution in [0.4, 0.5) is 0 Å². The van der Waals surface area contributed by atoms with E-state index in [1.807, 2.05) is 13.8 Å². The van der Waals surface area contributed by atoms with Crippen molar-refractivity contribution < 1.29 is 9.90 Å². The summed E-state index contributed by atoms with van der Waals surface area (Å²) >= 11 is 0. The number of hydrogen-bond donors (Lipinski definition) is 1. The fraction of sp³-hybridized carbons (Fsp3) is 0.222. The van der Waals surface area contributed by atoms with E-state index in [1.165, 1.54) is 0 Å². The maximum absolute atomic E-state index is 9.25. The lowest BCUT2D eigenvalue weighted by Crippen LogP contribution is -1.82. The Morgan fingerprint density at radius 3 is 1.45 bits per heavy atom. The van der Waals surface area contributed by atoms with E-state index < -0.39 is 5.97 Å². The molecule has 0 aliphatic carbocycles. The monoisotopic (exact) mass is 154 g/mol. The second-order valence-electron chi connectivity index (χ2n) is 2.10. The average Bonchev–Trinajstić information content (AvgIpc) is 1.89. The third-order valence-electron chi connectivity index (χ3n) is 0.903. The van der Waals surface area contributed by atoms with Crippen molar-refractivity contribution in [1.82, 2.24) is 0 Å². The van der Waals surface area contributed by atoms with Crippen molar-refractivity contribution in [3.05, 3.63) is 37.0 Å². The van der Waals surface area contributed by atoms with Gasteiger partial charge in [-0.2, -0.15) is 0 Å². The zero-order valence-electron chi connectivity index (χ0n) is 7.05. The number of allylic oxidation sites excluding steroid dienone is 2. The molecule has 0 rings (SSSR count). The molecule has 62 valence electrons. The third kappa shape index (κ3) is 17.7. The first-order chi connectivity index (χ1) is 4.91. The Kier molecular flexibility index (Phi) is 7.66. The van der Waals surface area contributed by atoms with E-state index >= 15 is 0 Å². The zero-order valence-corrected chi connectivity index (χ0v) is 7.05. The highest BCUT2D eigenvalue weighted by Crippen LogP contribution is 1.98. The summed E-state index contributed by atoms with van der Waals surface area (Å²) in [4.78, 5) is 9.25. The smallest absolute Gasteiger partial charge is 0.327 e. The molecule has 0 fully saturated rings. The Morgan fingerprint density at radius 1 is 1.27 bits per heavy atom. The normalized spacial score (nSPS) is 7.09. The standard InChI is InChI=1S/C6H10.C3H4O2/c1-5(2)6(3)4;1-2-3(4)5/h1,3H2,2,4H3;2H,1H2,(H,4,5). The molecule has 0 atom stereocenters. The van der Waals surface area contributed by atoms with Crippen LogP contribution in [0.2, 0.25) is 0 Å². The van der Waals surface area contributed by atoms with Crippen LogP contribution in [0.5, 0.6) is 0 Å². The van der Waals surface area contributed by atoms with Crippen LogP contribution in [0, 0.1) is 0 Å². The van der Waals surface area contributed by atoms with E-state index in [-0.39, 0.29) is 0 Å². The lowest BCUT2D eigenvalue weighted by atomic mass is 10.2. The van der Waals surface area contributed by atoms with Gasteiger partial charge in [0, 0.05) is 6.08 Å². The fourth-order valence-electron chi connectivity index (χ4n) is 0. The van der Waals surface area contributed by atoms with Crippen molar-refractivity contribution in [2.75, 3.05) is 0 Å². The van der Waals surface area contributed by atoms with E-state index in [0.29, 0.717) is 0 Å². The van der Waals surface area contributed by atoms with Gasteiger partial charge in [0.2, 0.25) is 0 Å². The molecular formula is C9H14O2. The first kappa shape index (κ1) is 12.4. The number of carboxylic acid groups (broad SMARTS) is 1. The van der Waals surface area contributed by atoms with Crippen molar-refractivity contribution in [2.24, 2.45) is 0 Å². The summed E-state index contributed by atoms with van der Waals surface area (Å²) in [5.41, 5.74) is 2.13. The summed E-state index contributed by atoms with van der Waals surface area (Å²) in [6, 6.07) is 0. The van der Waals surface area contributed by atoms with E-state index in [2.05, 4.69) is 19.7 Å². The molecule has 0 heterocycles. The third-order valence-corrected chi connectivity index (χ3v) is 0.903. The number of rotatable bonds is 2. The Bertz CT molecular complexity index is 166. The zero-order chi connectivity index (χ0) is 9.44. The molecule has 0 unspecified atom stereocenters. The quantitative estimate of drug-likeness (QED) is 0.489. The average molecular weight is 154 g/mol. The predicted molar refractivity (Wildman–Crippen MR) is 47.5 cm³/mol. The Balaban J connectivity index is 0. The highest BCUT2D eigenvalue weighted by Gasteiger charge is 1.77. The first-order valence-corrected chi connectivity index (χ1v) is 3.08. The van der Waals surface area contributed by atoms with Gasteiger partial charge in [-0.15, -0.1) is 0 Å². The minimum Gasteiger partial charge on any atom is -0.478 e. The van der Waals surface area contributed by atoms with Crippen LogP contribution in [0.25, 0.3) is 0 Å². The van der Waals surface area contributed by atoms with Crippen LogP contribution >= 0.6 is 0 Å². The maximum Gasteiger partial charge on any atom is 0.327 e. The Labute approximate surface area is 67.6 Å². The Hall–Kier alpha value is -1.31. The molecule has 0 aromatic heterocycles. The van der Waals surface area contributed by atoms with Gasteiger partial charge in [-0.05, 0) is 13.8 Å². The van der Waals surface area contributed by atoms with Crippen LogP contribution in [0.3, 0.4) is 0 Å². The maximum atomic E-state index is 9.25. The molecule has 0 saturated carbocycles. The molecule has 0 aliphatic heterocycles. The van der Waals surface area contributed by atoms with Crippen molar-refractivity contribution in [3.8, 4) is 0 Å². The summed E-state index contributed by atoms with van der Waals surface area (Å²) < 4.78 is 0. The largest absolute Gasteiger partial charge is 0.478 e. The van der Waals surface area contributed by atoms with Crippen LogP contribution in [0.15, 0.2) is 37.0 Å². The molecule has 0 aromatic rings. The topological polar surface area (TPSA) is 37.3 Å². The molecule has 0 radical (unpaired) electrons. The van der Waals surface area contributed by atoms with Gasteiger partial charge in [-0.25, -0.2) is 4.79 Å². The number of carboxylic acids is 1. The second kappa shape index (κ2) is 6.81. The molecular weight excluding hydrogens is 140 g/mol. The van der Waals surface area contributed by atoms with Gasteiger partial charge in [-0.1, -0.05) is 30.9 Å². The molecule has 0 amide bonds. The second-order valence-corrected chi connectivity index (χ2v) is 2.10. The van der Waals surface area contributed by atoms with E-state index in [4.69, 9.17) is 5.11 Å². The van der Waals surface area contributed by atoms with Crippen molar-refractivity contribution in [3.63, 3.8) is 0 Å².